The van der Waals surface area contributed by atoms with Crippen LogP contribution in [0.25, 0.3) is 0 Å². The van der Waals surface area contributed by atoms with E-state index in [0.29, 0.717) is 6.54 Å². The number of hydrogen-bond acceptors (Lipinski definition) is 3. The van der Waals surface area contributed by atoms with Crippen LogP contribution in [0, 0.1) is 0 Å². The summed E-state index contributed by atoms with van der Waals surface area (Å²) in [7, 11) is 0. The Morgan fingerprint density at radius 3 is 2.89 bits per heavy atom. The predicted molar refractivity (Wildman–Crippen MR) is 71.7 cm³/mol. The number of nitrogens with two attached hydrogens (primary N) is 1. The topological polar surface area (TPSA) is 55.6 Å². The molecule has 4 heteroatoms. The summed E-state index contributed by atoms with van der Waals surface area (Å²) in [6, 6.07) is 5.80. The maximum absolute atomic E-state index is 12.1. The summed E-state index contributed by atoms with van der Waals surface area (Å²) >= 11 is 0. The first-order valence-corrected chi connectivity index (χ1v) is 6.48. The molecule has 2 rings (SSSR count). The molecule has 0 bridgehead atoms. The molecule has 0 saturated carbocycles. The third kappa shape index (κ3) is 2.34. The second kappa shape index (κ2) is 5.40. The lowest BCUT2D eigenvalue weighted by atomic mass is 10.1. The molecule has 0 fully saturated rings. The van der Waals surface area contributed by atoms with Gasteiger partial charge in [-0.3, -0.25) is 4.79 Å². The minimum atomic E-state index is -0.414. The maximum Gasteiger partial charge on any atom is 0.267 e. The Morgan fingerprint density at radius 2 is 2.22 bits per heavy atom. The summed E-state index contributed by atoms with van der Waals surface area (Å²) in [5, 5.41) is 0. The number of amides is 1. The van der Waals surface area contributed by atoms with E-state index in [1.807, 2.05) is 23.1 Å². The molecule has 1 atom stereocenters. The number of unbranched alkanes of at least 4 members (excludes halogenated alkanes) is 1. The molecule has 1 aromatic rings. The van der Waals surface area contributed by atoms with Crippen LogP contribution in [0.1, 0.15) is 32.3 Å². The van der Waals surface area contributed by atoms with Crippen molar-refractivity contribution in [2.75, 3.05) is 11.4 Å². The number of benzene rings is 1. The van der Waals surface area contributed by atoms with Crippen molar-refractivity contribution < 1.29 is 9.53 Å². The van der Waals surface area contributed by atoms with Crippen molar-refractivity contribution in [1.82, 2.24) is 0 Å². The Balaban J connectivity index is 2.34. The van der Waals surface area contributed by atoms with E-state index < -0.39 is 6.10 Å². The van der Waals surface area contributed by atoms with Gasteiger partial charge < -0.3 is 15.4 Å². The molecule has 1 aromatic carbocycles. The van der Waals surface area contributed by atoms with Gasteiger partial charge in [0.1, 0.15) is 5.75 Å². The van der Waals surface area contributed by atoms with Gasteiger partial charge in [-0.1, -0.05) is 19.4 Å². The number of anilines is 1. The third-order valence-corrected chi connectivity index (χ3v) is 3.20. The first-order valence-electron chi connectivity index (χ1n) is 6.48. The van der Waals surface area contributed by atoms with Gasteiger partial charge in [-0.2, -0.15) is 0 Å². The number of nitrogens with zero attached hydrogens (tertiary/aromatic N) is 1. The van der Waals surface area contributed by atoms with Crippen molar-refractivity contribution in [1.29, 1.82) is 0 Å². The number of hydrogen-bond donors (Lipinski definition) is 1. The summed E-state index contributed by atoms with van der Waals surface area (Å²) in [6.45, 7) is 5.14. The molecule has 1 amide bonds. The van der Waals surface area contributed by atoms with E-state index in [9.17, 15) is 4.79 Å². The molecular weight excluding hydrogens is 228 g/mol. The number of ether oxygens (including phenoxy) is 1. The second-order valence-corrected chi connectivity index (χ2v) is 4.61. The highest BCUT2D eigenvalue weighted by molar-refractivity contribution is 5.99. The van der Waals surface area contributed by atoms with Crippen molar-refractivity contribution >= 4 is 11.6 Å². The summed E-state index contributed by atoms with van der Waals surface area (Å²) in [6.07, 6.45) is 1.65. The molecule has 1 aliphatic heterocycles. The van der Waals surface area contributed by atoms with Crippen LogP contribution >= 0.6 is 0 Å². The van der Waals surface area contributed by atoms with Crippen molar-refractivity contribution in [3.63, 3.8) is 0 Å². The molecule has 1 unspecified atom stereocenters. The lowest BCUT2D eigenvalue weighted by Crippen LogP contribution is -2.44. The minimum absolute atomic E-state index is 0.0384. The van der Waals surface area contributed by atoms with Gasteiger partial charge in [-0.25, -0.2) is 0 Å². The van der Waals surface area contributed by atoms with Crippen LogP contribution in [-0.4, -0.2) is 18.6 Å². The van der Waals surface area contributed by atoms with Gasteiger partial charge in [0.25, 0.3) is 5.91 Å². The Labute approximate surface area is 108 Å². The quantitative estimate of drug-likeness (QED) is 0.887. The minimum Gasteiger partial charge on any atom is -0.479 e. The zero-order chi connectivity index (χ0) is 13.1. The van der Waals surface area contributed by atoms with Crippen LogP contribution in [0.3, 0.4) is 0 Å². The fourth-order valence-corrected chi connectivity index (χ4v) is 2.13. The second-order valence-electron chi connectivity index (χ2n) is 4.61. The number of carbonyl (C=O) groups excluding carboxylic acids is 1. The Hall–Kier alpha value is -1.55. The van der Waals surface area contributed by atoms with Crippen molar-refractivity contribution in [2.45, 2.75) is 39.3 Å². The molecule has 0 radical (unpaired) electrons. The van der Waals surface area contributed by atoms with E-state index in [1.54, 1.807) is 6.92 Å². The lowest BCUT2D eigenvalue weighted by Gasteiger charge is -2.33. The lowest BCUT2D eigenvalue weighted by molar-refractivity contribution is -0.125. The normalized spacial score (nSPS) is 18.5. The van der Waals surface area contributed by atoms with Gasteiger partial charge in [-0.05, 0) is 31.0 Å². The van der Waals surface area contributed by atoms with Crippen LogP contribution in [-0.2, 0) is 11.3 Å². The first kappa shape index (κ1) is 12.9. The molecule has 98 valence electrons. The van der Waals surface area contributed by atoms with E-state index >= 15 is 0 Å². The van der Waals surface area contributed by atoms with Gasteiger partial charge in [0, 0.05) is 13.1 Å². The molecule has 0 saturated heterocycles. The monoisotopic (exact) mass is 248 g/mol. The largest absolute Gasteiger partial charge is 0.479 e. The Morgan fingerprint density at radius 1 is 1.44 bits per heavy atom. The van der Waals surface area contributed by atoms with Gasteiger partial charge in [0.05, 0.1) is 5.69 Å². The number of fused-ring (bicyclic) bond motifs is 1. The average Bonchev–Trinajstić information content (AvgIpc) is 2.39. The number of rotatable bonds is 4. The zero-order valence-corrected chi connectivity index (χ0v) is 11.0. The molecule has 4 nitrogen and oxygen atoms in total. The maximum atomic E-state index is 12.1. The molecule has 0 spiro atoms. The van der Waals surface area contributed by atoms with Crippen molar-refractivity contribution in [3.05, 3.63) is 23.8 Å². The van der Waals surface area contributed by atoms with Gasteiger partial charge in [0.2, 0.25) is 0 Å². The van der Waals surface area contributed by atoms with Crippen LogP contribution in [0.5, 0.6) is 5.75 Å². The Kier molecular flexibility index (Phi) is 3.87. The standard InChI is InChI=1S/C14H20N2O2/c1-3-4-7-16-12-6-5-11(9-15)8-13(12)18-10(2)14(16)17/h5-6,8,10H,3-4,7,9,15H2,1-2H3. The Bertz CT molecular complexity index is 445. The molecular formula is C14H20N2O2. The molecule has 18 heavy (non-hydrogen) atoms. The van der Waals surface area contributed by atoms with Crippen LogP contribution in [0.2, 0.25) is 0 Å². The highest BCUT2D eigenvalue weighted by atomic mass is 16.5. The third-order valence-electron chi connectivity index (χ3n) is 3.20. The van der Waals surface area contributed by atoms with Crippen molar-refractivity contribution in [3.8, 4) is 5.75 Å². The fraction of sp³-hybridized carbons (Fsp3) is 0.500. The van der Waals surface area contributed by atoms with Crippen LogP contribution < -0.4 is 15.4 Å². The summed E-state index contributed by atoms with van der Waals surface area (Å²) in [4.78, 5) is 14.0. The predicted octanol–water partition coefficient (Wildman–Crippen LogP) is 2.06. The summed E-state index contributed by atoms with van der Waals surface area (Å²) in [5.74, 6) is 0.803. The molecule has 1 aliphatic rings. The van der Waals surface area contributed by atoms with Gasteiger partial charge >= 0.3 is 0 Å². The molecule has 2 N–H and O–H groups in total. The van der Waals surface area contributed by atoms with Gasteiger partial charge in [0.15, 0.2) is 6.10 Å². The molecule has 0 aliphatic carbocycles. The van der Waals surface area contributed by atoms with Gasteiger partial charge in [-0.15, -0.1) is 0 Å². The van der Waals surface area contributed by atoms with E-state index in [1.165, 1.54) is 0 Å². The fourth-order valence-electron chi connectivity index (χ4n) is 2.13. The van der Waals surface area contributed by atoms with E-state index in [-0.39, 0.29) is 5.91 Å². The number of carbonyl (C=O) groups is 1. The van der Waals surface area contributed by atoms with E-state index in [2.05, 4.69) is 6.92 Å². The van der Waals surface area contributed by atoms with Crippen LogP contribution in [0.4, 0.5) is 5.69 Å². The average molecular weight is 248 g/mol. The van der Waals surface area contributed by atoms with E-state index in [0.717, 1.165) is 36.4 Å². The SMILES string of the molecule is CCCCN1C(=O)C(C)Oc2cc(CN)ccc21. The smallest absolute Gasteiger partial charge is 0.267 e. The highest BCUT2D eigenvalue weighted by Gasteiger charge is 2.30. The summed E-state index contributed by atoms with van der Waals surface area (Å²) in [5.41, 5.74) is 7.51. The van der Waals surface area contributed by atoms with Crippen molar-refractivity contribution in [2.24, 2.45) is 5.73 Å². The van der Waals surface area contributed by atoms with E-state index in [4.69, 9.17) is 10.5 Å². The highest BCUT2D eigenvalue weighted by Crippen LogP contribution is 2.34. The van der Waals surface area contributed by atoms with Crippen LogP contribution in [0.15, 0.2) is 18.2 Å². The zero-order valence-electron chi connectivity index (χ0n) is 11.0. The first-order chi connectivity index (χ1) is 8.67. The molecule has 0 aromatic heterocycles. The summed E-state index contributed by atoms with van der Waals surface area (Å²) < 4.78 is 5.65. The molecule has 1 heterocycles.